The van der Waals surface area contributed by atoms with Gasteiger partial charge in [0.05, 0.1) is 11.9 Å². The highest BCUT2D eigenvalue weighted by Gasteiger charge is 2.34. The van der Waals surface area contributed by atoms with E-state index < -0.39 is 21.2 Å². The first-order chi connectivity index (χ1) is 9.79. The monoisotopic (exact) mass is 309 g/mol. The van der Waals surface area contributed by atoms with E-state index in [1.54, 1.807) is 18.2 Å². The molecule has 0 bridgehead atoms. The van der Waals surface area contributed by atoms with Gasteiger partial charge in [0, 0.05) is 16.5 Å². The van der Waals surface area contributed by atoms with Crippen molar-refractivity contribution in [2.45, 2.75) is 43.8 Å². The number of fused-ring (bicyclic) bond motifs is 1. The minimum absolute atomic E-state index is 0.168. The molecule has 5 nitrogen and oxygen atoms in total. The van der Waals surface area contributed by atoms with Crippen LogP contribution in [0.3, 0.4) is 0 Å². The first-order valence-electron chi connectivity index (χ1n) is 7.13. The first-order valence-corrected chi connectivity index (χ1v) is 8.67. The van der Waals surface area contributed by atoms with Gasteiger partial charge < -0.3 is 4.74 Å². The molecule has 0 radical (unpaired) electrons. The van der Waals surface area contributed by atoms with Gasteiger partial charge in [0.15, 0.2) is 0 Å². The second-order valence-electron chi connectivity index (χ2n) is 6.41. The Morgan fingerprint density at radius 3 is 2.67 bits per heavy atom. The molecular formula is C15H19NO4S. The normalized spacial score (nSPS) is 20.3. The number of amides is 1. The van der Waals surface area contributed by atoms with Gasteiger partial charge in [0.25, 0.3) is 5.91 Å². The number of sulfonamides is 1. The minimum atomic E-state index is -3.54. The molecule has 0 atom stereocenters. The molecule has 0 saturated heterocycles. The molecule has 6 heteroatoms. The van der Waals surface area contributed by atoms with Gasteiger partial charge in [-0.25, -0.2) is 13.1 Å². The van der Waals surface area contributed by atoms with E-state index in [1.807, 2.05) is 13.8 Å². The molecule has 1 aliphatic heterocycles. The van der Waals surface area contributed by atoms with Crippen molar-refractivity contribution in [2.75, 3.05) is 6.61 Å². The fourth-order valence-electron chi connectivity index (χ4n) is 2.61. The van der Waals surface area contributed by atoms with Gasteiger partial charge in [0.1, 0.15) is 5.75 Å². The van der Waals surface area contributed by atoms with E-state index in [2.05, 4.69) is 4.72 Å². The average Bonchev–Trinajstić information content (AvgIpc) is 2.61. The Bertz CT molecular complexity index is 690. The minimum Gasteiger partial charge on any atom is -0.492 e. The third kappa shape index (κ3) is 2.52. The summed E-state index contributed by atoms with van der Waals surface area (Å²) >= 11 is 0. The fraction of sp³-hybridized carbons (Fsp3) is 0.533. The van der Waals surface area contributed by atoms with Crippen molar-refractivity contribution in [1.29, 1.82) is 0 Å². The van der Waals surface area contributed by atoms with E-state index in [0.29, 0.717) is 25.0 Å². The summed E-state index contributed by atoms with van der Waals surface area (Å²) in [7, 11) is -3.54. The quantitative estimate of drug-likeness (QED) is 0.926. The predicted molar refractivity (Wildman–Crippen MR) is 79.0 cm³/mol. The molecule has 1 aliphatic carbocycles. The zero-order chi connectivity index (χ0) is 15.3. The Labute approximate surface area is 124 Å². The maximum atomic E-state index is 12.2. The molecule has 1 saturated carbocycles. The van der Waals surface area contributed by atoms with Gasteiger partial charge in [-0.15, -0.1) is 0 Å². The van der Waals surface area contributed by atoms with Gasteiger partial charge >= 0.3 is 0 Å². The van der Waals surface area contributed by atoms with Crippen LogP contribution in [0.2, 0.25) is 0 Å². The lowest BCUT2D eigenvalue weighted by molar-refractivity contribution is 0.0980. The third-order valence-electron chi connectivity index (χ3n) is 4.29. The molecule has 2 aliphatic rings. The fourth-order valence-corrected chi connectivity index (χ4v) is 4.11. The van der Waals surface area contributed by atoms with Crippen LogP contribution in [0, 0.1) is 0 Å². The largest absolute Gasteiger partial charge is 0.492 e. The predicted octanol–water partition coefficient (Wildman–Crippen LogP) is 1.97. The van der Waals surface area contributed by atoms with Crippen LogP contribution in [0.25, 0.3) is 0 Å². The second kappa shape index (κ2) is 4.73. The van der Waals surface area contributed by atoms with Crippen LogP contribution in [0.4, 0.5) is 0 Å². The molecule has 3 rings (SSSR count). The molecular weight excluding hydrogens is 290 g/mol. The summed E-state index contributed by atoms with van der Waals surface area (Å²) in [5.41, 5.74) is 1.13. The van der Waals surface area contributed by atoms with Gasteiger partial charge in [0.2, 0.25) is 10.0 Å². The Hall–Kier alpha value is -1.56. The highest BCUT2D eigenvalue weighted by molar-refractivity contribution is 7.90. The molecule has 1 heterocycles. The average molecular weight is 309 g/mol. The van der Waals surface area contributed by atoms with Crippen LogP contribution in [-0.4, -0.2) is 26.2 Å². The number of benzene rings is 1. The van der Waals surface area contributed by atoms with Crippen molar-refractivity contribution < 1.29 is 17.9 Å². The smallest absolute Gasteiger partial charge is 0.264 e. The summed E-state index contributed by atoms with van der Waals surface area (Å²) in [6.45, 7) is 4.63. The molecule has 1 aromatic rings. The summed E-state index contributed by atoms with van der Waals surface area (Å²) in [5, 5.41) is -0.421. The van der Waals surface area contributed by atoms with E-state index in [0.717, 1.165) is 17.7 Å². The molecule has 0 spiro atoms. The van der Waals surface area contributed by atoms with Gasteiger partial charge in [-0.3, -0.25) is 4.79 Å². The third-order valence-corrected chi connectivity index (χ3v) is 6.10. The maximum Gasteiger partial charge on any atom is 0.264 e. The van der Waals surface area contributed by atoms with Crippen molar-refractivity contribution in [3.05, 3.63) is 29.3 Å². The first kappa shape index (κ1) is 14.4. The van der Waals surface area contributed by atoms with Crippen molar-refractivity contribution in [1.82, 2.24) is 4.72 Å². The summed E-state index contributed by atoms with van der Waals surface area (Å²) in [5.74, 6) is 0.200. The topological polar surface area (TPSA) is 72.5 Å². The molecule has 1 amide bonds. The molecule has 21 heavy (non-hydrogen) atoms. The van der Waals surface area contributed by atoms with Crippen LogP contribution in [0.5, 0.6) is 5.75 Å². The second-order valence-corrected chi connectivity index (χ2v) is 8.37. The van der Waals surface area contributed by atoms with Crippen LogP contribution < -0.4 is 9.46 Å². The van der Waals surface area contributed by atoms with E-state index in [9.17, 15) is 13.2 Å². The highest BCUT2D eigenvalue weighted by Crippen LogP contribution is 2.38. The maximum absolute atomic E-state index is 12.2. The summed E-state index contributed by atoms with van der Waals surface area (Å²) in [6.07, 6.45) is 2.17. The summed E-state index contributed by atoms with van der Waals surface area (Å²) in [4.78, 5) is 12.2. The lowest BCUT2D eigenvalue weighted by atomic mass is 9.86. The van der Waals surface area contributed by atoms with Crippen LogP contribution >= 0.6 is 0 Å². The molecule has 1 aromatic carbocycles. The lowest BCUT2D eigenvalue weighted by Crippen LogP contribution is -2.41. The van der Waals surface area contributed by atoms with Crippen molar-refractivity contribution >= 4 is 15.9 Å². The number of carbonyl (C=O) groups is 1. The number of hydrogen-bond acceptors (Lipinski definition) is 4. The standard InChI is InChI=1S/C15H19NO4S/c1-15(2)9-20-13-7-6-10(8-12(13)15)14(17)16-21(18,19)11-4-3-5-11/h6-8,11H,3-5,9H2,1-2H3,(H,16,17). The zero-order valence-corrected chi connectivity index (χ0v) is 13.0. The van der Waals surface area contributed by atoms with E-state index in [-0.39, 0.29) is 5.41 Å². The van der Waals surface area contributed by atoms with Crippen molar-refractivity contribution in [3.8, 4) is 5.75 Å². The van der Waals surface area contributed by atoms with Crippen molar-refractivity contribution in [2.24, 2.45) is 0 Å². The summed E-state index contributed by atoms with van der Waals surface area (Å²) in [6, 6.07) is 5.06. The molecule has 1 fully saturated rings. The number of carbonyl (C=O) groups excluding carboxylic acids is 1. The van der Waals surface area contributed by atoms with Crippen LogP contribution in [0.1, 0.15) is 49.0 Å². The SMILES string of the molecule is CC1(C)COc2ccc(C(=O)NS(=O)(=O)C3CCC3)cc21. The number of ether oxygens (including phenoxy) is 1. The number of nitrogens with one attached hydrogen (secondary N) is 1. The van der Waals surface area contributed by atoms with Crippen molar-refractivity contribution in [3.63, 3.8) is 0 Å². The molecule has 0 unspecified atom stereocenters. The van der Waals surface area contributed by atoms with Crippen LogP contribution in [-0.2, 0) is 15.4 Å². The number of rotatable bonds is 3. The molecule has 1 N–H and O–H groups in total. The Kier molecular flexibility index (Phi) is 3.24. The van der Waals surface area contributed by atoms with Crippen LogP contribution in [0.15, 0.2) is 18.2 Å². The van der Waals surface area contributed by atoms with Gasteiger partial charge in [-0.2, -0.15) is 0 Å². The highest BCUT2D eigenvalue weighted by atomic mass is 32.2. The van der Waals surface area contributed by atoms with Gasteiger partial charge in [-0.05, 0) is 31.0 Å². The Morgan fingerprint density at radius 2 is 2.05 bits per heavy atom. The zero-order valence-electron chi connectivity index (χ0n) is 12.2. The van der Waals surface area contributed by atoms with E-state index in [4.69, 9.17) is 4.74 Å². The van der Waals surface area contributed by atoms with Gasteiger partial charge in [-0.1, -0.05) is 20.3 Å². The molecule has 0 aromatic heterocycles. The van der Waals surface area contributed by atoms with E-state index >= 15 is 0 Å². The Balaban J connectivity index is 1.83. The summed E-state index contributed by atoms with van der Waals surface area (Å²) < 4.78 is 31.8. The van der Waals surface area contributed by atoms with E-state index in [1.165, 1.54) is 0 Å². The lowest BCUT2D eigenvalue weighted by Gasteiger charge is -2.25. The number of hydrogen-bond donors (Lipinski definition) is 1. The Morgan fingerprint density at radius 1 is 1.33 bits per heavy atom. The molecule has 114 valence electrons.